The van der Waals surface area contributed by atoms with Gasteiger partial charge in [-0.2, -0.15) is 5.10 Å². The van der Waals surface area contributed by atoms with E-state index in [1.54, 1.807) is 12.1 Å². The van der Waals surface area contributed by atoms with Gasteiger partial charge >= 0.3 is 5.97 Å². The fourth-order valence-corrected chi connectivity index (χ4v) is 0.872. The monoisotopic (exact) mass is 208 g/mol. The Bertz CT molecular complexity index is 414. The van der Waals surface area contributed by atoms with Crippen molar-refractivity contribution in [3.8, 4) is 5.75 Å². The fourth-order valence-electron chi connectivity index (χ4n) is 0.872. The Kier molecular flexibility index (Phi) is 3.39. The molecule has 3 N–H and O–H groups in total. The van der Waals surface area contributed by atoms with E-state index >= 15 is 0 Å². The molecular formula is C9H8N2O4. The number of amides is 1. The van der Waals surface area contributed by atoms with Crippen molar-refractivity contribution in [1.82, 2.24) is 5.43 Å². The Morgan fingerprint density at radius 2 is 2.00 bits per heavy atom. The molecule has 0 bridgehead atoms. The quantitative estimate of drug-likeness (QED) is 0.487. The number of para-hydroxylation sites is 1. The van der Waals surface area contributed by atoms with Crippen molar-refractivity contribution in [2.75, 3.05) is 0 Å². The van der Waals surface area contributed by atoms with E-state index < -0.39 is 11.9 Å². The number of aromatic hydroxyl groups is 1. The Morgan fingerprint density at radius 3 is 2.60 bits per heavy atom. The summed E-state index contributed by atoms with van der Waals surface area (Å²) >= 11 is 0. The number of phenolic OH excluding ortho intramolecular Hbond substituents is 1. The summed E-state index contributed by atoms with van der Waals surface area (Å²) in [5, 5.41) is 20.6. The van der Waals surface area contributed by atoms with Gasteiger partial charge in [-0.25, -0.2) is 10.2 Å². The average Bonchev–Trinajstić information content (AvgIpc) is 2.17. The molecule has 0 saturated carbocycles. The smallest absolute Gasteiger partial charge is 0.348 e. The second-order valence-corrected chi connectivity index (χ2v) is 2.55. The maximum Gasteiger partial charge on any atom is 0.348 e. The van der Waals surface area contributed by atoms with Gasteiger partial charge < -0.3 is 10.2 Å². The van der Waals surface area contributed by atoms with Crippen molar-refractivity contribution >= 4 is 18.1 Å². The summed E-state index contributed by atoms with van der Waals surface area (Å²) in [6.45, 7) is 0. The minimum Gasteiger partial charge on any atom is -0.507 e. The van der Waals surface area contributed by atoms with E-state index in [2.05, 4.69) is 5.10 Å². The Balaban J connectivity index is 2.70. The molecule has 0 aliphatic carbocycles. The van der Waals surface area contributed by atoms with Gasteiger partial charge in [-0.05, 0) is 12.1 Å². The van der Waals surface area contributed by atoms with Crippen molar-refractivity contribution in [2.45, 2.75) is 0 Å². The number of carbonyl (C=O) groups is 2. The summed E-state index contributed by atoms with van der Waals surface area (Å²) in [5.74, 6) is -2.14. The third-order valence-corrected chi connectivity index (χ3v) is 1.49. The molecule has 1 aromatic rings. The number of benzene rings is 1. The Hall–Kier alpha value is -2.37. The lowest BCUT2D eigenvalue weighted by Crippen LogP contribution is -2.18. The van der Waals surface area contributed by atoms with Gasteiger partial charge in [0.25, 0.3) is 5.91 Å². The zero-order valence-electron chi connectivity index (χ0n) is 7.54. The van der Waals surface area contributed by atoms with Gasteiger partial charge in [0.05, 0.1) is 5.56 Å². The van der Waals surface area contributed by atoms with E-state index in [1.165, 1.54) is 12.1 Å². The lowest BCUT2D eigenvalue weighted by atomic mass is 10.2. The van der Waals surface area contributed by atoms with Crippen molar-refractivity contribution in [1.29, 1.82) is 0 Å². The standard InChI is InChI=1S/C9H8N2O4/c12-7-4-2-1-3-6(7)9(15)11-10-5-8(13)14/h1-5,12H,(H,11,15)(H,13,14)/b10-5+. The molecule has 15 heavy (non-hydrogen) atoms. The highest BCUT2D eigenvalue weighted by atomic mass is 16.4. The van der Waals surface area contributed by atoms with E-state index in [1.807, 2.05) is 5.43 Å². The summed E-state index contributed by atoms with van der Waals surface area (Å²) in [4.78, 5) is 21.3. The summed E-state index contributed by atoms with van der Waals surface area (Å²) in [7, 11) is 0. The van der Waals surface area contributed by atoms with Gasteiger partial charge in [0.1, 0.15) is 12.0 Å². The first-order chi connectivity index (χ1) is 7.11. The van der Waals surface area contributed by atoms with E-state index in [4.69, 9.17) is 5.11 Å². The van der Waals surface area contributed by atoms with E-state index in [9.17, 15) is 14.7 Å². The molecule has 0 heterocycles. The largest absolute Gasteiger partial charge is 0.507 e. The van der Waals surface area contributed by atoms with Gasteiger partial charge in [-0.3, -0.25) is 4.79 Å². The number of rotatable bonds is 3. The van der Waals surface area contributed by atoms with Crippen LogP contribution in [-0.4, -0.2) is 28.3 Å². The van der Waals surface area contributed by atoms with Crippen LogP contribution in [0.15, 0.2) is 29.4 Å². The maximum absolute atomic E-state index is 11.3. The highest BCUT2D eigenvalue weighted by Gasteiger charge is 2.08. The lowest BCUT2D eigenvalue weighted by Gasteiger charge is -2.00. The lowest BCUT2D eigenvalue weighted by molar-refractivity contribution is -0.128. The van der Waals surface area contributed by atoms with Gasteiger partial charge in [0.2, 0.25) is 0 Å². The van der Waals surface area contributed by atoms with Crippen LogP contribution in [0.2, 0.25) is 0 Å². The minimum absolute atomic E-state index is 0.0278. The Morgan fingerprint density at radius 1 is 1.33 bits per heavy atom. The third kappa shape index (κ3) is 3.11. The van der Waals surface area contributed by atoms with Crippen LogP contribution in [0.5, 0.6) is 5.75 Å². The van der Waals surface area contributed by atoms with Crippen LogP contribution in [-0.2, 0) is 4.79 Å². The SMILES string of the molecule is O=C(O)/C=N/NC(=O)c1ccccc1O. The normalized spacial score (nSPS) is 10.1. The predicted octanol–water partition coefficient (Wildman–Crippen LogP) is 0.192. The van der Waals surface area contributed by atoms with Crippen molar-refractivity contribution < 1.29 is 19.8 Å². The topological polar surface area (TPSA) is 99.0 Å². The maximum atomic E-state index is 11.3. The second-order valence-electron chi connectivity index (χ2n) is 2.55. The summed E-state index contributed by atoms with van der Waals surface area (Å²) in [6, 6.07) is 5.86. The van der Waals surface area contributed by atoms with E-state index in [0.717, 1.165) is 0 Å². The molecular weight excluding hydrogens is 200 g/mol. The van der Waals surface area contributed by atoms with Gasteiger partial charge in [-0.15, -0.1) is 0 Å². The first kappa shape index (κ1) is 10.7. The number of nitrogens with zero attached hydrogens (tertiary/aromatic N) is 1. The molecule has 78 valence electrons. The van der Waals surface area contributed by atoms with Crippen LogP contribution >= 0.6 is 0 Å². The molecule has 0 fully saturated rings. The molecule has 0 spiro atoms. The molecule has 0 atom stereocenters. The number of carboxylic acids is 1. The van der Waals surface area contributed by atoms with Gasteiger partial charge in [0, 0.05) is 0 Å². The summed E-state index contributed by atoms with van der Waals surface area (Å²) in [5.41, 5.74) is 1.99. The molecule has 0 aromatic heterocycles. The molecule has 0 unspecified atom stereocenters. The number of aliphatic carboxylic acids is 1. The second kappa shape index (κ2) is 4.75. The first-order valence-corrected chi connectivity index (χ1v) is 3.95. The summed E-state index contributed by atoms with van der Waals surface area (Å²) < 4.78 is 0. The first-order valence-electron chi connectivity index (χ1n) is 3.95. The Labute approximate surface area is 84.9 Å². The van der Waals surface area contributed by atoms with Crippen molar-refractivity contribution in [3.63, 3.8) is 0 Å². The summed E-state index contributed by atoms with van der Waals surface area (Å²) in [6.07, 6.45) is 0.540. The highest BCUT2D eigenvalue weighted by Crippen LogP contribution is 2.14. The molecule has 0 aliphatic rings. The number of carbonyl (C=O) groups excluding carboxylic acids is 1. The molecule has 6 heteroatoms. The molecule has 0 saturated heterocycles. The number of hydrogen-bond donors (Lipinski definition) is 3. The van der Waals surface area contributed by atoms with Crippen molar-refractivity contribution in [2.24, 2.45) is 5.10 Å². The molecule has 1 amide bonds. The van der Waals surface area contributed by atoms with Gasteiger partial charge in [0.15, 0.2) is 0 Å². The minimum atomic E-state index is -1.27. The third-order valence-electron chi connectivity index (χ3n) is 1.49. The zero-order chi connectivity index (χ0) is 11.3. The van der Waals surface area contributed by atoms with Crippen LogP contribution in [0.3, 0.4) is 0 Å². The van der Waals surface area contributed by atoms with Crippen LogP contribution < -0.4 is 5.43 Å². The average molecular weight is 208 g/mol. The van der Waals surface area contributed by atoms with Crippen LogP contribution in [0, 0.1) is 0 Å². The van der Waals surface area contributed by atoms with Crippen LogP contribution in [0.4, 0.5) is 0 Å². The number of hydrazone groups is 1. The van der Waals surface area contributed by atoms with E-state index in [-0.39, 0.29) is 11.3 Å². The van der Waals surface area contributed by atoms with Crippen LogP contribution in [0.1, 0.15) is 10.4 Å². The number of phenols is 1. The number of hydrogen-bond acceptors (Lipinski definition) is 4. The molecule has 6 nitrogen and oxygen atoms in total. The number of carboxylic acid groups (broad SMARTS) is 1. The molecule has 1 rings (SSSR count). The molecule has 1 aromatic carbocycles. The van der Waals surface area contributed by atoms with E-state index in [0.29, 0.717) is 6.21 Å². The molecule has 0 radical (unpaired) electrons. The van der Waals surface area contributed by atoms with Crippen LogP contribution in [0.25, 0.3) is 0 Å². The molecule has 0 aliphatic heterocycles. The number of nitrogens with one attached hydrogen (secondary N) is 1. The van der Waals surface area contributed by atoms with Gasteiger partial charge in [-0.1, -0.05) is 12.1 Å². The highest BCUT2D eigenvalue weighted by molar-refractivity contribution is 6.22. The zero-order valence-corrected chi connectivity index (χ0v) is 7.54. The predicted molar refractivity (Wildman–Crippen MR) is 51.7 cm³/mol. The fraction of sp³-hybridized carbons (Fsp3) is 0. The van der Waals surface area contributed by atoms with Crippen molar-refractivity contribution in [3.05, 3.63) is 29.8 Å².